The molecule has 1 amide bonds. The molecular weight excluding hydrogens is 344 g/mol. The second kappa shape index (κ2) is 8.58. The molecule has 1 aromatic heterocycles. The molecule has 142 valence electrons. The predicted molar refractivity (Wildman–Crippen MR) is 105 cm³/mol. The Morgan fingerprint density at radius 2 is 1.67 bits per heavy atom. The zero-order valence-corrected chi connectivity index (χ0v) is 15.7. The first-order chi connectivity index (χ1) is 13.1. The number of piperidine rings is 1. The van der Waals surface area contributed by atoms with Crippen LogP contribution < -0.4 is 15.0 Å². The Morgan fingerprint density at radius 1 is 1.00 bits per heavy atom. The number of carbonyl (C=O) groups excluding carboxylic acids is 1. The van der Waals surface area contributed by atoms with Crippen LogP contribution >= 0.6 is 0 Å². The molecule has 6 heteroatoms. The molecule has 0 saturated carbocycles. The van der Waals surface area contributed by atoms with E-state index in [1.807, 2.05) is 4.90 Å². The van der Waals surface area contributed by atoms with E-state index in [1.165, 1.54) is 10.6 Å². The van der Waals surface area contributed by atoms with Gasteiger partial charge in [0.2, 0.25) is 0 Å². The standard InChI is InChI=1S/C21H24N2O4/c1-26-17-12-16(13-18(15-17)27-2)14-19(23-11-7-4-8-20(23)24)21(25)22-9-5-3-6-10-22/h4,7-8,11-15H,3,5-6,9-10H2,1-2H3. The molecule has 1 aliphatic heterocycles. The summed E-state index contributed by atoms with van der Waals surface area (Å²) >= 11 is 0. The van der Waals surface area contributed by atoms with Crippen LogP contribution in [0.1, 0.15) is 24.8 Å². The van der Waals surface area contributed by atoms with Crippen molar-refractivity contribution < 1.29 is 14.3 Å². The van der Waals surface area contributed by atoms with Crippen molar-refractivity contribution in [2.75, 3.05) is 27.3 Å². The van der Waals surface area contributed by atoms with Gasteiger partial charge in [0, 0.05) is 31.4 Å². The molecule has 2 aromatic rings. The lowest BCUT2D eigenvalue weighted by Gasteiger charge is -2.28. The molecule has 3 rings (SSSR count). The number of hydrogen-bond donors (Lipinski definition) is 0. The van der Waals surface area contributed by atoms with Gasteiger partial charge < -0.3 is 14.4 Å². The van der Waals surface area contributed by atoms with E-state index < -0.39 is 0 Å². The van der Waals surface area contributed by atoms with Gasteiger partial charge in [0.1, 0.15) is 17.2 Å². The van der Waals surface area contributed by atoms with Crippen LogP contribution in [-0.2, 0) is 4.79 Å². The Hall–Kier alpha value is -3.02. The van der Waals surface area contributed by atoms with Crippen LogP contribution in [0.4, 0.5) is 0 Å². The normalized spacial score (nSPS) is 14.7. The van der Waals surface area contributed by atoms with Gasteiger partial charge in [-0.05, 0) is 49.1 Å². The van der Waals surface area contributed by atoms with E-state index in [2.05, 4.69) is 0 Å². The van der Waals surface area contributed by atoms with Crippen molar-refractivity contribution in [1.82, 2.24) is 9.47 Å². The van der Waals surface area contributed by atoms with E-state index in [9.17, 15) is 9.59 Å². The van der Waals surface area contributed by atoms with Gasteiger partial charge in [-0.3, -0.25) is 14.2 Å². The number of pyridine rings is 1. The summed E-state index contributed by atoms with van der Waals surface area (Å²) in [6.45, 7) is 1.42. The summed E-state index contributed by atoms with van der Waals surface area (Å²) in [5.41, 5.74) is 0.795. The van der Waals surface area contributed by atoms with Gasteiger partial charge in [0.15, 0.2) is 0 Å². The fourth-order valence-electron chi connectivity index (χ4n) is 3.19. The zero-order valence-electron chi connectivity index (χ0n) is 15.7. The smallest absolute Gasteiger partial charge is 0.270 e. The number of aromatic nitrogens is 1. The van der Waals surface area contributed by atoms with E-state index in [4.69, 9.17) is 9.47 Å². The molecule has 2 heterocycles. The van der Waals surface area contributed by atoms with Crippen LogP contribution in [0.3, 0.4) is 0 Å². The van der Waals surface area contributed by atoms with Crippen molar-refractivity contribution in [3.63, 3.8) is 0 Å². The first-order valence-electron chi connectivity index (χ1n) is 9.04. The van der Waals surface area contributed by atoms with Gasteiger partial charge in [0.05, 0.1) is 14.2 Å². The number of carbonyl (C=O) groups is 1. The van der Waals surface area contributed by atoms with Gasteiger partial charge in [0.25, 0.3) is 11.5 Å². The highest BCUT2D eigenvalue weighted by Gasteiger charge is 2.22. The van der Waals surface area contributed by atoms with Crippen molar-refractivity contribution in [3.8, 4) is 11.5 Å². The maximum absolute atomic E-state index is 13.2. The van der Waals surface area contributed by atoms with E-state index in [0.717, 1.165) is 24.8 Å². The number of likely N-dealkylation sites (tertiary alicyclic amines) is 1. The number of benzene rings is 1. The van der Waals surface area contributed by atoms with Crippen LogP contribution in [-0.4, -0.2) is 42.7 Å². The maximum Gasteiger partial charge on any atom is 0.270 e. The second-order valence-electron chi connectivity index (χ2n) is 6.44. The lowest BCUT2D eigenvalue weighted by atomic mass is 10.1. The number of ether oxygens (including phenoxy) is 2. The van der Waals surface area contributed by atoms with Gasteiger partial charge >= 0.3 is 0 Å². The van der Waals surface area contributed by atoms with Crippen molar-refractivity contribution in [1.29, 1.82) is 0 Å². The molecule has 0 bridgehead atoms. The summed E-state index contributed by atoms with van der Waals surface area (Å²) in [6, 6.07) is 10.2. The highest BCUT2D eigenvalue weighted by atomic mass is 16.5. The molecule has 1 saturated heterocycles. The Morgan fingerprint density at radius 3 is 2.26 bits per heavy atom. The van der Waals surface area contributed by atoms with Gasteiger partial charge in [-0.2, -0.15) is 0 Å². The van der Waals surface area contributed by atoms with Crippen molar-refractivity contribution >= 4 is 17.7 Å². The molecule has 1 aliphatic rings. The third-order valence-electron chi connectivity index (χ3n) is 4.62. The highest BCUT2D eigenvalue weighted by Crippen LogP contribution is 2.25. The van der Waals surface area contributed by atoms with E-state index in [-0.39, 0.29) is 11.5 Å². The first kappa shape index (κ1) is 18.8. The third-order valence-corrected chi connectivity index (χ3v) is 4.62. The molecule has 0 unspecified atom stereocenters. The highest BCUT2D eigenvalue weighted by molar-refractivity contribution is 6.18. The monoisotopic (exact) mass is 368 g/mol. The SMILES string of the molecule is COc1cc(C=C(C(=O)N2CCCCC2)n2ccccc2=O)cc(OC)c1. The number of rotatable bonds is 5. The summed E-state index contributed by atoms with van der Waals surface area (Å²) in [6.07, 6.45) is 6.42. The van der Waals surface area contributed by atoms with Gasteiger partial charge in [-0.15, -0.1) is 0 Å². The molecule has 0 atom stereocenters. The summed E-state index contributed by atoms with van der Waals surface area (Å²) in [5, 5.41) is 0. The number of methoxy groups -OCH3 is 2. The van der Waals surface area contributed by atoms with E-state index in [0.29, 0.717) is 30.3 Å². The lowest BCUT2D eigenvalue weighted by Crippen LogP contribution is -2.38. The molecule has 27 heavy (non-hydrogen) atoms. The van der Waals surface area contributed by atoms with Crippen LogP contribution in [0.2, 0.25) is 0 Å². The van der Waals surface area contributed by atoms with Gasteiger partial charge in [-0.25, -0.2) is 0 Å². The minimum absolute atomic E-state index is 0.148. The van der Waals surface area contributed by atoms with Crippen LogP contribution in [0.5, 0.6) is 11.5 Å². The molecule has 0 N–H and O–H groups in total. The fourth-order valence-corrected chi connectivity index (χ4v) is 3.19. The molecular formula is C21H24N2O4. The zero-order chi connectivity index (χ0) is 19.2. The van der Waals surface area contributed by atoms with Crippen LogP contribution in [0.15, 0.2) is 47.4 Å². The lowest BCUT2D eigenvalue weighted by molar-refractivity contribution is -0.126. The Labute approximate surface area is 158 Å². The minimum Gasteiger partial charge on any atom is -0.497 e. The minimum atomic E-state index is -0.246. The Bertz CT molecular complexity index is 873. The van der Waals surface area contributed by atoms with Crippen LogP contribution in [0.25, 0.3) is 11.8 Å². The number of nitrogens with zero attached hydrogens (tertiary/aromatic N) is 2. The number of hydrogen-bond acceptors (Lipinski definition) is 4. The first-order valence-corrected chi connectivity index (χ1v) is 9.04. The number of amides is 1. The Balaban J connectivity index is 2.09. The molecule has 0 radical (unpaired) electrons. The average Bonchev–Trinajstić information content (AvgIpc) is 2.72. The molecule has 1 aromatic carbocycles. The third kappa shape index (κ3) is 4.39. The average molecular weight is 368 g/mol. The largest absolute Gasteiger partial charge is 0.497 e. The topological polar surface area (TPSA) is 60.8 Å². The summed E-state index contributed by atoms with van der Waals surface area (Å²) in [5.74, 6) is 1.08. The van der Waals surface area contributed by atoms with Crippen molar-refractivity contribution in [3.05, 3.63) is 58.5 Å². The predicted octanol–water partition coefficient (Wildman–Crippen LogP) is 2.88. The summed E-state index contributed by atoms with van der Waals surface area (Å²) in [4.78, 5) is 27.4. The molecule has 0 spiro atoms. The van der Waals surface area contributed by atoms with Crippen molar-refractivity contribution in [2.24, 2.45) is 0 Å². The Kier molecular flexibility index (Phi) is 5.96. The quantitative estimate of drug-likeness (QED) is 0.762. The maximum atomic E-state index is 13.2. The van der Waals surface area contributed by atoms with Gasteiger partial charge in [-0.1, -0.05) is 6.07 Å². The molecule has 6 nitrogen and oxygen atoms in total. The fraction of sp³-hybridized carbons (Fsp3) is 0.333. The van der Waals surface area contributed by atoms with E-state index in [1.54, 1.807) is 56.8 Å². The summed E-state index contributed by atoms with van der Waals surface area (Å²) in [7, 11) is 3.15. The molecule has 1 fully saturated rings. The van der Waals surface area contributed by atoms with Crippen molar-refractivity contribution in [2.45, 2.75) is 19.3 Å². The summed E-state index contributed by atoms with van der Waals surface area (Å²) < 4.78 is 12.0. The van der Waals surface area contributed by atoms with Crippen LogP contribution in [0, 0.1) is 0 Å². The molecule has 0 aliphatic carbocycles. The van der Waals surface area contributed by atoms with E-state index >= 15 is 0 Å². The second-order valence-corrected chi connectivity index (χ2v) is 6.44.